The summed E-state index contributed by atoms with van der Waals surface area (Å²) in [6.45, 7) is 3.85. The molecule has 0 saturated heterocycles. The van der Waals surface area contributed by atoms with Crippen LogP contribution in [0.1, 0.15) is 26.7 Å². The number of amides is 2. The summed E-state index contributed by atoms with van der Waals surface area (Å²) in [4.78, 5) is 23.0. The van der Waals surface area contributed by atoms with E-state index in [-0.39, 0.29) is 0 Å². The smallest absolute Gasteiger partial charge is 0.410 e. The number of hydrogen-bond acceptors (Lipinski definition) is 3. The van der Waals surface area contributed by atoms with E-state index in [9.17, 15) is 9.59 Å². The van der Waals surface area contributed by atoms with Crippen molar-refractivity contribution in [2.75, 3.05) is 13.7 Å². The number of carbonyl (C=O) groups is 2. The summed E-state index contributed by atoms with van der Waals surface area (Å²) in [5.41, 5.74) is 6.83. The number of ether oxygens (including phenoxy) is 1. The molecule has 5 heteroatoms. The van der Waals surface area contributed by atoms with Crippen LogP contribution in [0.4, 0.5) is 4.79 Å². The van der Waals surface area contributed by atoms with Crippen LogP contribution in [0.3, 0.4) is 0 Å². The Balaban J connectivity index is 3.92. The van der Waals surface area contributed by atoms with Gasteiger partial charge in [0.25, 0.3) is 5.91 Å². The number of hydrogen-bond donors (Lipinski definition) is 0. The lowest BCUT2D eigenvalue weighted by molar-refractivity contribution is -0.122. The molecule has 0 bridgehead atoms. The minimum Gasteiger partial charge on any atom is -0.449 e. The third-order valence-electron chi connectivity index (χ3n) is 1.97. The second kappa shape index (κ2) is 6.23. The Bertz CT molecular complexity index is 206. The first-order valence-corrected chi connectivity index (χ1v) is 4.65. The molecule has 0 aromatic rings. The van der Waals surface area contributed by atoms with Gasteiger partial charge >= 0.3 is 6.09 Å². The molecule has 0 aromatic carbocycles. The summed E-state index contributed by atoms with van der Waals surface area (Å²) < 4.78 is 4.87. The van der Waals surface area contributed by atoms with Crippen molar-refractivity contribution in [2.45, 2.75) is 32.7 Å². The molecule has 1 N–H and O–H groups in total. The molecular weight excluding hydrogens is 184 g/mol. The molecule has 0 spiro atoms. The minimum absolute atomic E-state index is 0.360. The maximum absolute atomic E-state index is 11.2. The molecule has 0 aliphatic carbocycles. The summed E-state index contributed by atoms with van der Waals surface area (Å²) in [6.07, 6.45) is 1.21. The SMILES string of the molecule is CCCCOC(=O)N(C)C(C)C([NH])=O. The highest BCUT2D eigenvalue weighted by atomic mass is 16.6. The van der Waals surface area contributed by atoms with Crippen LogP contribution in [0, 0.1) is 0 Å². The molecule has 0 aromatic heterocycles. The van der Waals surface area contributed by atoms with E-state index in [1.54, 1.807) is 0 Å². The van der Waals surface area contributed by atoms with Crippen LogP contribution in [0.15, 0.2) is 0 Å². The van der Waals surface area contributed by atoms with E-state index in [1.165, 1.54) is 14.0 Å². The molecule has 81 valence electrons. The van der Waals surface area contributed by atoms with E-state index in [0.29, 0.717) is 6.61 Å². The van der Waals surface area contributed by atoms with Gasteiger partial charge in [-0.15, -0.1) is 0 Å². The molecule has 5 nitrogen and oxygen atoms in total. The second-order valence-electron chi connectivity index (χ2n) is 3.12. The van der Waals surface area contributed by atoms with E-state index in [0.717, 1.165) is 17.7 Å². The van der Waals surface area contributed by atoms with Crippen molar-refractivity contribution in [3.8, 4) is 0 Å². The van der Waals surface area contributed by atoms with Crippen molar-refractivity contribution < 1.29 is 14.3 Å². The Labute approximate surface area is 84.2 Å². The van der Waals surface area contributed by atoms with Crippen molar-refractivity contribution in [1.29, 1.82) is 0 Å². The lowest BCUT2D eigenvalue weighted by Crippen LogP contribution is -2.41. The van der Waals surface area contributed by atoms with Crippen LogP contribution in [-0.4, -0.2) is 36.6 Å². The molecule has 2 amide bonds. The molecule has 0 fully saturated rings. The van der Waals surface area contributed by atoms with Gasteiger partial charge in [0, 0.05) is 7.05 Å². The summed E-state index contributed by atoms with van der Waals surface area (Å²) in [6, 6.07) is -0.746. The quantitative estimate of drug-likeness (QED) is 0.624. The topological polar surface area (TPSA) is 70.4 Å². The normalized spacial score (nSPS) is 11.9. The third kappa shape index (κ3) is 4.11. The summed E-state index contributed by atoms with van der Waals surface area (Å²) >= 11 is 0. The summed E-state index contributed by atoms with van der Waals surface area (Å²) in [5, 5.41) is 0. The maximum atomic E-state index is 11.2. The van der Waals surface area contributed by atoms with E-state index in [2.05, 4.69) is 0 Å². The summed E-state index contributed by atoms with van der Waals surface area (Å²) in [5.74, 6) is -0.792. The van der Waals surface area contributed by atoms with Crippen LogP contribution in [0.25, 0.3) is 0 Å². The molecule has 0 rings (SSSR count). The Hall–Kier alpha value is -1.26. The fourth-order valence-electron chi connectivity index (χ4n) is 0.740. The molecule has 0 heterocycles. The van der Waals surface area contributed by atoms with Crippen molar-refractivity contribution in [3.63, 3.8) is 0 Å². The average Bonchev–Trinajstić information content (AvgIpc) is 2.15. The van der Waals surface area contributed by atoms with E-state index >= 15 is 0 Å². The maximum Gasteiger partial charge on any atom is 0.410 e. The van der Waals surface area contributed by atoms with Gasteiger partial charge in [0.2, 0.25) is 0 Å². The van der Waals surface area contributed by atoms with Crippen molar-refractivity contribution in [1.82, 2.24) is 10.6 Å². The van der Waals surface area contributed by atoms with Crippen molar-refractivity contribution in [2.24, 2.45) is 0 Å². The Morgan fingerprint density at radius 2 is 2.07 bits per heavy atom. The van der Waals surface area contributed by atoms with Gasteiger partial charge in [-0.25, -0.2) is 4.79 Å². The second-order valence-corrected chi connectivity index (χ2v) is 3.12. The van der Waals surface area contributed by atoms with Gasteiger partial charge in [0.1, 0.15) is 6.04 Å². The number of carbonyl (C=O) groups excluding carboxylic acids is 2. The number of unbranched alkanes of at least 4 members (excludes halogenated alkanes) is 1. The fourth-order valence-corrected chi connectivity index (χ4v) is 0.740. The monoisotopic (exact) mass is 201 g/mol. The molecule has 0 aliphatic heterocycles. The van der Waals surface area contributed by atoms with Gasteiger partial charge in [-0.1, -0.05) is 13.3 Å². The molecule has 1 unspecified atom stereocenters. The zero-order valence-corrected chi connectivity index (χ0v) is 8.87. The van der Waals surface area contributed by atoms with Crippen LogP contribution < -0.4 is 5.73 Å². The molecule has 0 aliphatic rings. The standard InChI is InChI=1S/C9H17N2O3/c1-4-5-6-14-9(13)11(3)7(2)8(10)12/h7,10H,4-6H2,1-3H3. The minimum atomic E-state index is -0.792. The highest BCUT2D eigenvalue weighted by Gasteiger charge is 2.21. The van der Waals surface area contributed by atoms with Gasteiger partial charge in [0.15, 0.2) is 0 Å². The molecule has 1 radical (unpaired) electrons. The highest BCUT2D eigenvalue weighted by Crippen LogP contribution is 1.99. The Kier molecular flexibility index (Phi) is 5.67. The first-order chi connectivity index (χ1) is 6.50. The van der Waals surface area contributed by atoms with Crippen molar-refractivity contribution in [3.05, 3.63) is 0 Å². The van der Waals surface area contributed by atoms with Gasteiger partial charge in [-0.05, 0) is 13.3 Å². The first-order valence-electron chi connectivity index (χ1n) is 4.65. The van der Waals surface area contributed by atoms with E-state index < -0.39 is 18.0 Å². The zero-order valence-electron chi connectivity index (χ0n) is 8.87. The highest BCUT2D eigenvalue weighted by molar-refractivity contribution is 5.83. The Morgan fingerprint density at radius 3 is 2.50 bits per heavy atom. The third-order valence-corrected chi connectivity index (χ3v) is 1.97. The van der Waals surface area contributed by atoms with Crippen LogP contribution in [0.5, 0.6) is 0 Å². The molecular formula is C9H17N2O3. The van der Waals surface area contributed by atoms with Crippen LogP contribution in [-0.2, 0) is 9.53 Å². The lowest BCUT2D eigenvalue weighted by Gasteiger charge is -2.20. The van der Waals surface area contributed by atoms with Crippen LogP contribution >= 0.6 is 0 Å². The fraction of sp³-hybridized carbons (Fsp3) is 0.778. The van der Waals surface area contributed by atoms with Gasteiger partial charge in [-0.3, -0.25) is 15.4 Å². The average molecular weight is 201 g/mol. The Morgan fingerprint density at radius 1 is 1.50 bits per heavy atom. The molecule has 1 atom stereocenters. The van der Waals surface area contributed by atoms with Crippen molar-refractivity contribution >= 4 is 12.0 Å². The lowest BCUT2D eigenvalue weighted by atomic mass is 10.3. The predicted octanol–water partition coefficient (Wildman–Crippen LogP) is 1.05. The number of likely N-dealkylation sites (N-methyl/N-ethyl adjacent to an activating group) is 1. The molecule has 14 heavy (non-hydrogen) atoms. The van der Waals surface area contributed by atoms with E-state index in [4.69, 9.17) is 10.5 Å². The largest absolute Gasteiger partial charge is 0.449 e. The van der Waals surface area contributed by atoms with Crippen LogP contribution in [0.2, 0.25) is 0 Å². The number of nitrogens with one attached hydrogen (secondary N) is 1. The van der Waals surface area contributed by atoms with Gasteiger partial charge in [-0.2, -0.15) is 0 Å². The van der Waals surface area contributed by atoms with Gasteiger partial charge in [0.05, 0.1) is 6.61 Å². The summed E-state index contributed by atoms with van der Waals surface area (Å²) in [7, 11) is 1.45. The number of nitrogens with zero attached hydrogens (tertiary/aromatic N) is 1. The molecule has 0 saturated carbocycles. The van der Waals surface area contributed by atoms with E-state index in [1.807, 2.05) is 6.92 Å². The first kappa shape index (κ1) is 12.7. The van der Waals surface area contributed by atoms with Gasteiger partial charge < -0.3 is 4.74 Å². The number of rotatable bonds is 5. The predicted molar refractivity (Wildman–Crippen MR) is 51.6 cm³/mol. The zero-order chi connectivity index (χ0) is 11.1.